The Morgan fingerprint density at radius 3 is 2.30 bits per heavy atom. The molecule has 0 spiro atoms. The van der Waals surface area contributed by atoms with Gasteiger partial charge < -0.3 is 15.3 Å². The maximum absolute atomic E-state index is 11.7. The lowest BCUT2D eigenvalue weighted by molar-refractivity contribution is -0.137. The van der Waals surface area contributed by atoms with Gasteiger partial charge in [0.15, 0.2) is 0 Å². The molecule has 1 aromatic carbocycles. The highest BCUT2D eigenvalue weighted by atomic mass is 35.5. The highest BCUT2D eigenvalue weighted by molar-refractivity contribution is 6.30. The van der Waals surface area contributed by atoms with Crippen LogP contribution in [-0.4, -0.2) is 42.0 Å². The molecule has 0 aromatic heterocycles. The third-order valence-corrected chi connectivity index (χ3v) is 2.81. The quantitative estimate of drug-likeness (QED) is 0.809. The van der Waals surface area contributed by atoms with E-state index in [4.69, 9.17) is 16.7 Å². The first-order valence-corrected chi connectivity index (χ1v) is 6.31. The van der Waals surface area contributed by atoms with Gasteiger partial charge >= 0.3 is 5.97 Å². The fourth-order valence-corrected chi connectivity index (χ4v) is 1.57. The molecule has 1 rings (SSSR count). The van der Waals surface area contributed by atoms with E-state index in [0.717, 1.165) is 0 Å². The van der Waals surface area contributed by atoms with Crippen LogP contribution in [0.2, 0.25) is 5.02 Å². The fraction of sp³-hybridized carbons (Fsp3) is 0.385. The lowest BCUT2D eigenvalue weighted by Gasteiger charge is -2.14. The number of aliphatic carboxylic acids is 1. The molecule has 2 N–H and O–H groups in total. The molecule has 0 fully saturated rings. The van der Waals surface area contributed by atoms with Crippen LogP contribution in [0.5, 0.6) is 0 Å². The van der Waals surface area contributed by atoms with Crippen LogP contribution >= 0.6 is 24.0 Å². The molecule has 0 saturated heterocycles. The first kappa shape index (κ1) is 18.7. The Balaban J connectivity index is 0.00000361. The van der Waals surface area contributed by atoms with Crippen molar-refractivity contribution in [3.63, 3.8) is 0 Å². The first-order valence-electron chi connectivity index (χ1n) is 5.93. The lowest BCUT2D eigenvalue weighted by Crippen LogP contribution is -2.26. The monoisotopic (exact) mass is 320 g/mol. The molecule has 0 aliphatic rings. The van der Waals surface area contributed by atoms with E-state index in [2.05, 4.69) is 5.32 Å². The summed E-state index contributed by atoms with van der Waals surface area (Å²) in [6, 6.07) is 6.87. The van der Waals surface area contributed by atoms with E-state index in [-0.39, 0.29) is 24.7 Å². The topological polar surface area (TPSA) is 69.6 Å². The maximum Gasteiger partial charge on any atom is 0.304 e. The van der Waals surface area contributed by atoms with Crippen LogP contribution in [0.4, 0.5) is 5.69 Å². The molecule has 20 heavy (non-hydrogen) atoms. The minimum Gasteiger partial charge on any atom is -0.481 e. The average Bonchev–Trinajstić information content (AvgIpc) is 2.36. The number of nitrogens with zero attached hydrogens (tertiary/aromatic N) is 1. The Morgan fingerprint density at radius 2 is 1.75 bits per heavy atom. The van der Waals surface area contributed by atoms with Crippen molar-refractivity contribution >= 4 is 41.6 Å². The molecule has 0 bridgehead atoms. The molecule has 5 nitrogen and oxygen atoms in total. The number of carboxylic acids is 1. The molecular formula is C13H18Cl2N2O3. The van der Waals surface area contributed by atoms with Crippen molar-refractivity contribution in [2.24, 2.45) is 0 Å². The van der Waals surface area contributed by atoms with Gasteiger partial charge in [-0.05, 0) is 31.3 Å². The van der Waals surface area contributed by atoms with Gasteiger partial charge in [0, 0.05) is 30.2 Å². The van der Waals surface area contributed by atoms with Crippen LogP contribution in [0.25, 0.3) is 0 Å². The second kappa shape index (κ2) is 9.58. The zero-order chi connectivity index (χ0) is 14.3. The highest BCUT2D eigenvalue weighted by Crippen LogP contribution is 2.13. The summed E-state index contributed by atoms with van der Waals surface area (Å²) in [4.78, 5) is 23.9. The Labute approximate surface area is 129 Å². The van der Waals surface area contributed by atoms with Crippen LogP contribution in [0.1, 0.15) is 12.8 Å². The third kappa shape index (κ3) is 7.99. The Bertz CT molecular complexity index is 438. The lowest BCUT2D eigenvalue weighted by atomic mass is 10.3. The molecule has 0 saturated carbocycles. The van der Waals surface area contributed by atoms with E-state index in [1.54, 1.807) is 31.3 Å². The molecule has 0 radical (unpaired) electrons. The van der Waals surface area contributed by atoms with Crippen LogP contribution < -0.4 is 5.32 Å². The van der Waals surface area contributed by atoms with Gasteiger partial charge in [0.2, 0.25) is 5.91 Å². The summed E-state index contributed by atoms with van der Waals surface area (Å²) in [5, 5.41) is 11.9. The van der Waals surface area contributed by atoms with Crippen LogP contribution in [0, 0.1) is 0 Å². The van der Waals surface area contributed by atoms with Crippen LogP contribution in [0.15, 0.2) is 24.3 Å². The largest absolute Gasteiger partial charge is 0.481 e. The smallest absolute Gasteiger partial charge is 0.304 e. The van der Waals surface area contributed by atoms with Gasteiger partial charge in [-0.3, -0.25) is 9.59 Å². The van der Waals surface area contributed by atoms with Crippen molar-refractivity contribution in [1.29, 1.82) is 0 Å². The Kier molecular flexibility index (Phi) is 8.96. The number of carbonyl (C=O) groups is 2. The number of carbonyl (C=O) groups excluding carboxylic acids is 1. The van der Waals surface area contributed by atoms with Crippen molar-refractivity contribution in [2.75, 3.05) is 25.5 Å². The van der Waals surface area contributed by atoms with Crippen LogP contribution in [0.3, 0.4) is 0 Å². The van der Waals surface area contributed by atoms with E-state index in [1.165, 1.54) is 0 Å². The molecule has 7 heteroatoms. The minimum atomic E-state index is -0.836. The number of amides is 1. The van der Waals surface area contributed by atoms with Crippen molar-refractivity contribution in [2.45, 2.75) is 12.8 Å². The summed E-state index contributed by atoms with van der Waals surface area (Å²) in [6.45, 7) is 0.955. The number of hydrogen-bond acceptors (Lipinski definition) is 3. The minimum absolute atomic E-state index is 0. The number of rotatable bonds is 7. The molecule has 1 aromatic rings. The summed E-state index contributed by atoms with van der Waals surface area (Å²) < 4.78 is 0. The zero-order valence-corrected chi connectivity index (χ0v) is 12.7. The van der Waals surface area contributed by atoms with Crippen LogP contribution in [-0.2, 0) is 9.59 Å². The normalized spacial score (nSPS) is 9.95. The van der Waals surface area contributed by atoms with Gasteiger partial charge in [0.25, 0.3) is 0 Å². The van der Waals surface area contributed by atoms with Crippen molar-refractivity contribution in [1.82, 2.24) is 4.90 Å². The number of halogens is 2. The van der Waals surface area contributed by atoms with Crippen molar-refractivity contribution in [3.05, 3.63) is 29.3 Å². The third-order valence-electron chi connectivity index (χ3n) is 2.56. The van der Waals surface area contributed by atoms with Gasteiger partial charge in [0.05, 0.1) is 6.42 Å². The number of anilines is 1. The number of hydrogen-bond donors (Lipinski definition) is 2. The molecular weight excluding hydrogens is 303 g/mol. The predicted octanol–water partition coefficient (Wildman–Crippen LogP) is 2.50. The second-order valence-electron chi connectivity index (χ2n) is 4.25. The molecule has 112 valence electrons. The number of benzene rings is 1. The van der Waals surface area contributed by atoms with Crippen molar-refractivity contribution < 1.29 is 14.7 Å². The van der Waals surface area contributed by atoms with Gasteiger partial charge in [-0.15, -0.1) is 12.4 Å². The summed E-state index contributed by atoms with van der Waals surface area (Å²) in [6.07, 6.45) is 0.397. The molecule has 0 aliphatic carbocycles. The van der Waals surface area contributed by atoms with Crippen molar-refractivity contribution in [3.8, 4) is 0 Å². The highest BCUT2D eigenvalue weighted by Gasteiger charge is 2.06. The molecule has 1 amide bonds. The summed E-state index contributed by atoms with van der Waals surface area (Å²) >= 11 is 5.74. The fourth-order valence-electron chi connectivity index (χ4n) is 1.45. The van der Waals surface area contributed by atoms with E-state index in [1.807, 2.05) is 4.90 Å². The summed E-state index contributed by atoms with van der Waals surface area (Å²) in [5.74, 6) is -0.943. The SMILES string of the molecule is CN(CCC(=O)O)CCC(=O)Nc1ccc(Cl)cc1.Cl. The van der Waals surface area contributed by atoms with Gasteiger partial charge in [-0.2, -0.15) is 0 Å². The number of carboxylic acid groups (broad SMARTS) is 1. The zero-order valence-electron chi connectivity index (χ0n) is 11.1. The summed E-state index contributed by atoms with van der Waals surface area (Å²) in [5.41, 5.74) is 0.697. The average molecular weight is 321 g/mol. The Hall–Kier alpha value is -1.30. The van der Waals surface area contributed by atoms with E-state index in [0.29, 0.717) is 30.2 Å². The van der Waals surface area contributed by atoms with Gasteiger partial charge in [-0.1, -0.05) is 11.6 Å². The molecule has 0 heterocycles. The standard InChI is InChI=1S/C13H17ClN2O3.ClH/c1-16(9-7-13(18)19)8-6-12(17)15-11-4-2-10(14)3-5-11;/h2-5H,6-9H2,1H3,(H,15,17)(H,18,19);1H. The predicted molar refractivity (Wildman–Crippen MR) is 81.7 cm³/mol. The van der Waals surface area contributed by atoms with Gasteiger partial charge in [-0.25, -0.2) is 0 Å². The summed E-state index contributed by atoms with van der Waals surface area (Å²) in [7, 11) is 1.79. The maximum atomic E-state index is 11.7. The first-order chi connectivity index (χ1) is 8.97. The van der Waals surface area contributed by atoms with E-state index >= 15 is 0 Å². The molecule has 0 unspecified atom stereocenters. The Morgan fingerprint density at radius 1 is 1.20 bits per heavy atom. The second-order valence-corrected chi connectivity index (χ2v) is 4.69. The van der Waals surface area contributed by atoms with Gasteiger partial charge in [0.1, 0.15) is 0 Å². The van der Waals surface area contributed by atoms with E-state index < -0.39 is 5.97 Å². The molecule has 0 atom stereocenters. The van der Waals surface area contributed by atoms with E-state index in [9.17, 15) is 9.59 Å². The number of nitrogens with one attached hydrogen (secondary N) is 1. The molecule has 0 aliphatic heterocycles.